The first kappa shape index (κ1) is 22.6. The van der Waals surface area contributed by atoms with Crippen molar-refractivity contribution >= 4 is 34.1 Å². The number of H-pyrrole nitrogens is 1. The normalized spacial score (nSPS) is 12.9. The molecule has 8 nitrogen and oxygen atoms in total. The topological polar surface area (TPSA) is 113 Å². The molecule has 2 aromatic carbocycles. The highest BCUT2D eigenvalue weighted by atomic mass is 16.2. The fourth-order valence-corrected chi connectivity index (χ4v) is 4.26. The van der Waals surface area contributed by atoms with Crippen LogP contribution in [0.15, 0.2) is 79.3 Å². The van der Waals surface area contributed by atoms with Gasteiger partial charge in [0.1, 0.15) is 0 Å². The second kappa shape index (κ2) is 9.31. The average Bonchev–Trinajstić information content (AvgIpc) is 3.68. The van der Waals surface area contributed by atoms with Crippen molar-refractivity contribution in [1.82, 2.24) is 20.2 Å². The number of nitrogens with one attached hydrogen (secondary N) is 3. The Morgan fingerprint density at radius 1 is 0.865 bits per heavy atom. The number of pyridine rings is 2. The fourth-order valence-electron chi connectivity index (χ4n) is 4.26. The van der Waals surface area contributed by atoms with E-state index in [-0.39, 0.29) is 23.4 Å². The van der Waals surface area contributed by atoms with Gasteiger partial charge in [-0.25, -0.2) is 0 Å². The van der Waals surface area contributed by atoms with E-state index in [1.807, 2.05) is 61.5 Å². The number of hydrogen-bond acceptors (Lipinski definition) is 5. The van der Waals surface area contributed by atoms with E-state index in [9.17, 15) is 9.59 Å². The fraction of sp³-hybridized carbons (Fsp3) is 0.138. The van der Waals surface area contributed by atoms with Gasteiger partial charge in [0.05, 0.1) is 35.0 Å². The second-order valence-corrected chi connectivity index (χ2v) is 9.31. The van der Waals surface area contributed by atoms with Gasteiger partial charge >= 0.3 is 0 Å². The summed E-state index contributed by atoms with van der Waals surface area (Å²) >= 11 is 0. The number of amides is 2. The minimum absolute atomic E-state index is 0.0320. The Kier molecular flexibility index (Phi) is 5.69. The van der Waals surface area contributed by atoms with E-state index < -0.39 is 0 Å². The number of carbonyl (C=O) groups excluding carboxylic acids is 2. The average molecular weight is 489 g/mol. The molecule has 1 aliphatic carbocycles. The number of anilines is 2. The summed E-state index contributed by atoms with van der Waals surface area (Å²) in [7, 11) is 0. The zero-order valence-electron chi connectivity index (χ0n) is 20.2. The Morgan fingerprint density at radius 2 is 1.76 bits per heavy atom. The minimum atomic E-state index is -0.336. The molecule has 0 aliphatic heterocycles. The zero-order chi connectivity index (χ0) is 25.4. The van der Waals surface area contributed by atoms with Crippen molar-refractivity contribution in [3.05, 3.63) is 90.5 Å². The van der Waals surface area contributed by atoms with Crippen LogP contribution >= 0.6 is 0 Å². The summed E-state index contributed by atoms with van der Waals surface area (Å²) in [5, 5.41) is 13.7. The molecular weight excluding hydrogens is 464 g/mol. The van der Waals surface area contributed by atoms with Gasteiger partial charge in [-0.05, 0) is 61.7 Å². The van der Waals surface area contributed by atoms with Gasteiger partial charge in [0.25, 0.3) is 5.91 Å². The summed E-state index contributed by atoms with van der Waals surface area (Å²) < 4.78 is 0. The predicted molar refractivity (Wildman–Crippen MR) is 143 cm³/mol. The molecule has 2 amide bonds. The standard InChI is InChI=1S/C29H24N6O2/c1-17-3-2-4-20(11-17)25-10-8-22(16-31-25)32-29(37)27-24-13-19(7-9-26(24)34-35-27)21-12-23(15-30-14-21)33-28(36)18-5-6-18/h2-4,7-16,18H,5-6H2,1H3,(H,32,37)(H,33,36)(H,34,35). The van der Waals surface area contributed by atoms with Gasteiger partial charge in [-0.2, -0.15) is 5.10 Å². The SMILES string of the molecule is Cc1cccc(-c2ccc(NC(=O)c3n[nH]c4ccc(-c5cncc(NC(=O)C6CC6)c5)cc34)cn2)c1. The number of hydrogen-bond donors (Lipinski definition) is 3. The van der Waals surface area contributed by atoms with Crippen molar-refractivity contribution in [2.45, 2.75) is 19.8 Å². The van der Waals surface area contributed by atoms with E-state index in [1.165, 1.54) is 0 Å². The highest BCUT2D eigenvalue weighted by Gasteiger charge is 2.29. The molecule has 0 unspecified atom stereocenters. The molecule has 3 N–H and O–H groups in total. The molecule has 0 radical (unpaired) electrons. The van der Waals surface area contributed by atoms with Crippen molar-refractivity contribution in [3.63, 3.8) is 0 Å². The summed E-state index contributed by atoms with van der Waals surface area (Å²) in [6.45, 7) is 2.04. The number of fused-ring (bicyclic) bond motifs is 1. The predicted octanol–water partition coefficient (Wildman–Crippen LogP) is 5.60. The van der Waals surface area contributed by atoms with Crippen LogP contribution in [0.3, 0.4) is 0 Å². The third kappa shape index (κ3) is 4.81. The molecule has 5 aromatic rings. The van der Waals surface area contributed by atoms with Crippen LogP contribution < -0.4 is 10.6 Å². The van der Waals surface area contributed by atoms with E-state index in [4.69, 9.17) is 0 Å². The molecule has 0 bridgehead atoms. The Morgan fingerprint density at radius 3 is 2.54 bits per heavy atom. The molecular formula is C29H24N6O2. The molecule has 1 fully saturated rings. The number of aromatic nitrogens is 4. The maximum absolute atomic E-state index is 13.1. The lowest BCUT2D eigenvalue weighted by Gasteiger charge is -2.08. The first-order valence-corrected chi connectivity index (χ1v) is 12.1. The summed E-state index contributed by atoms with van der Waals surface area (Å²) in [4.78, 5) is 34.0. The molecule has 0 saturated heterocycles. The smallest absolute Gasteiger partial charge is 0.276 e. The van der Waals surface area contributed by atoms with Crippen LogP contribution in [-0.4, -0.2) is 32.0 Å². The Balaban J connectivity index is 1.22. The lowest BCUT2D eigenvalue weighted by atomic mass is 10.0. The molecule has 37 heavy (non-hydrogen) atoms. The van der Waals surface area contributed by atoms with Crippen molar-refractivity contribution in [1.29, 1.82) is 0 Å². The van der Waals surface area contributed by atoms with Gasteiger partial charge in [0, 0.05) is 28.6 Å². The lowest BCUT2D eigenvalue weighted by molar-refractivity contribution is -0.117. The van der Waals surface area contributed by atoms with Crippen molar-refractivity contribution < 1.29 is 9.59 Å². The molecule has 1 aliphatic rings. The minimum Gasteiger partial charge on any atom is -0.324 e. The molecule has 3 heterocycles. The van der Waals surface area contributed by atoms with Gasteiger partial charge in [-0.3, -0.25) is 24.7 Å². The lowest BCUT2D eigenvalue weighted by Crippen LogP contribution is -2.13. The van der Waals surface area contributed by atoms with Gasteiger partial charge in [0.15, 0.2) is 5.69 Å². The molecule has 182 valence electrons. The molecule has 0 atom stereocenters. The van der Waals surface area contributed by atoms with Gasteiger partial charge in [0.2, 0.25) is 5.91 Å². The number of nitrogens with zero attached hydrogens (tertiary/aromatic N) is 3. The molecule has 1 saturated carbocycles. The van der Waals surface area contributed by atoms with E-state index in [1.54, 1.807) is 18.6 Å². The first-order valence-electron chi connectivity index (χ1n) is 12.1. The summed E-state index contributed by atoms with van der Waals surface area (Å²) in [5.41, 5.74) is 6.97. The maximum atomic E-state index is 13.1. The second-order valence-electron chi connectivity index (χ2n) is 9.31. The highest BCUT2D eigenvalue weighted by Crippen LogP contribution is 2.31. The first-order chi connectivity index (χ1) is 18.0. The van der Waals surface area contributed by atoms with Crippen molar-refractivity contribution in [2.24, 2.45) is 5.92 Å². The third-order valence-corrected chi connectivity index (χ3v) is 6.40. The number of aromatic amines is 1. The summed E-state index contributed by atoms with van der Waals surface area (Å²) in [6.07, 6.45) is 6.89. The van der Waals surface area contributed by atoms with E-state index in [0.717, 1.165) is 46.3 Å². The molecule has 6 rings (SSSR count). The third-order valence-electron chi connectivity index (χ3n) is 6.40. The quantitative estimate of drug-likeness (QED) is 0.288. The van der Waals surface area contributed by atoms with Crippen molar-refractivity contribution in [2.75, 3.05) is 10.6 Å². The number of rotatable bonds is 6. The number of benzene rings is 2. The van der Waals surface area contributed by atoms with Crippen molar-refractivity contribution in [3.8, 4) is 22.4 Å². The van der Waals surface area contributed by atoms with Gasteiger partial charge in [-0.1, -0.05) is 29.8 Å². The van der Waals surface area contributed by atoms with Gasteiger partial charge < -0.3 is 10.6 Å². The van der Waals surface area contributed by atoms with Gasteiger partial charge in [-0.15, -0.1) is 0 Å². The summed E-state index contributed by atoms with van der Waals surface area (Å²) in [5.74, 6) is -0.192. The Labute approximate surface area is 213 Å². The van der Waals surface area contributed by atoms with Crippen LogP contribution in [0.25, 0.3) is 33.3 Å². The largest absolute Gasteiger partial charge is 0.324 e. The van der Waals surface area contributed by atoms with Crippen LogP contribution in [0.4, 0.5) is 11.4 Å². The van der Waals surface area contributed by atoms with Crippen LogP contribution in [-0.2, 0) is 4.79 Å². The summed E-state index contributed by atoms with van der Waals surface area (Å²) in [6, 6.07) is 19.4. The highest BCUT2D eigenvalue weighted by molar-refractivity contribution is 6.11. The zero-order valence-corrected chi connectivity index (χ0v) is 20.2. The van der Waals surface area contributed by atoms with Crippen LogP contribution in [0.1, 0.15) is 28.9 Å². The Hall–Kier alpha value is -4.85. The number of aryl methyl sites for hydroxylation is 1. The van der Waals surface area contributed by atoms with Crippen LogP contribution in [0.5, 0.6) is 0 Å². The van der Waals surface area contributed by atoms with E-state index in [0.29, 0.717) is 16.8 Å². The number of carbonyl (C=O) groups is 2. The maximum Gasteiger partial charge on any atom is 0.276 e. The van der Waals surface area contributed by atoms with E-state index in [2.05, 4.69) is 36.9 Å². The Bertz CT molecular complexity index is 1640. The monoisotopic (exact) mass is 488 g/mol. The molecule has 8 heteroatoms. The molecule has 3 aromatic heterocycles. The van der Waals surface area contributed by atoms with Crippen LogP contribution in [0, 0.1) is 12.8 Å². The molecule has 0 spiro atoms. The van der Waals surface area contributed by atoms with Crippen LogP contribution in [0.2, 0.25) is 0 Å². The van der Waals surface area contributed by atoms with E-state index >= 15 is 0 Å².